The maximum atomic E-state index is 12.7. The minimum absolute atomic E-state index is 0.103. The molecule has 1 heterocycles. The van der Waals surface area contributed by atoms with Crippen molar-refractivity contribution in [2.45, 2.75) is 38.6 Å². The second kappa shape index (κ2) is 7.92. The van der Waals surface area contributed by atoms with Crippen molar-refractivity contribution in [3.8, 4) is 0 Å². The van der Waals surface area contributed by atoms with E-state index in [-0.39, 0.29) is 24.1 Å². The van der Waals surface area contributed by atoms with Crippen LogP contribution in [0.1, 0.15) is 37.8 Å². The van der Waals surface area contributed by atoms with E-state index in [1.807, 2.05) is 25.1 Å². The van der Waals surface area contributed by atoms with Crippen molar-refractivity contribution in [3.63, 3.8) is 0 Å². The number of imide groups is 1. The number of benzene rings is 1. The second-order valence-corrected chi connectivity index (χ2v) is 5.96. The Labute approximate surface area is 140 Å². The molecule has 2 rings (SSSR count). The van der Waals surface area contributed by atoms with Gasteiger partial charge in [-0.15, -0.1) is 0 Å². The first kappa shape index (κ1) is 17.9. The molecule has 0 radical (unpaired) electrons. The number of amides is 2. The SMILES string of the molecule is CC(CCC(=O)NC=O)n1c(=O)n(C)c2c(CCCN)cccc21. The molecule has 0 spiro atoms. The lowest BCUT2D eigenvalue weighted by molar-refractivity contribution is -0.125. The quantitative estimate of drug-likeness (QED) is 0.700. The number of imidazole rings is 1. The molecular formula is C17H24N4O3. The Bertz CT molecular complexity index is 791. The first-order valence-electron chi connectivity index (χ1n) is 8.13. The van der Waals surface area contributed by atoms with E-state index < -0.39 is 0 Å². The second-order valence-electron chi connectivity index (χ2n) is 5.96. The number of carbonyl (C=O) groups is 2. The number of nitrogens with two attached hydrogens (primary N) is 1. The number of nitrogens with one attached hydrogen (secondary N) is 1. The number of hydrogen-bond acceptors (Lipinski definition) is 4. The lowest BCUT2D eigenvalue weighted by Crippen LogP contribution is -2.27. The molecule has 130 valence electrons. The van der Waals surface area contributed by atoms with E-state index in [2.05, 4.69) is 5.32 Å². The highest BCUT2D eigenvalue weighted by Crippen LogP contribution is 2.23. The van der Waals surface area contributed by atoms with E-state index in [9.17, 15) is 14.4 Å². The molecule has 0 saturated carbocycles. The number of para-hydroxylation sites is 1. The van der Waals surface area contributed by atoms with E-state index in [1.54, 1.807) is 16.2 Å². The Morgan fingerprint density at radius 3 is 2.83 bits per heavy atom. The van der Waals surface area contributed by atoms with Crippen molar-refractivity contribution >= 4 is 23.4 Å². The smallest absolute Gasteiger partial charge is 0.329 e. The largest absolute Gasteiger partial charge is 0.330 e. The van der Waals surface area contributed by atoms with Crippen LogP contribution in [0, 0.1) is 0 Å². The maximum Gasteiger partial charge on any atom is 0.329 e. The van der Waals surface area contributed by atoms with Gasteiger partial charge in [-0.1, -0.05) is 12.1 Å². The molecule has 7 heteroatoms. The number of nitrogens with zero attached hydrogens (tertiary/aromatic N) is 2. The van der Waals surface area contributed by atoms with Crippen molar-refractivity contribution in [1.29, 1.82) is 0 Å². The van der Waals surface area contributed by atoms with Gasteiger partial charge in [0.2, 0.25) is 12.3 Å². The van der Waals surface area contributed by atoms with Crippen LogP contribution < -0.4 is 16.7 Å². The third-order valence-electron chi connectivity index (χ3n) is 4.29. The predicted molar refractivity (Wildman–Crippen MR) is 92.7 cm³/mol. The van der Waals surface area contributed by atoms with E-state index in [4.69, 9.17) is 5.73 Å². The van der Waals surface area contributed by atoms with Gasteiger partial charge in [0.05, 0.1) is 11.0 Å². The maximum absolute atomic E-state index is 12.7. The monoisotopic (exact) mass is 332 g/mol. The van der Waals surface area contributed by atoms with Gasteiger partial charge in [-0.25, -0.2) is 4.79 Å². The summed E-state index contributed by atoms with van der Waals surface area (Å²) in [4.78, 5) is 34.4. The summed E-state index contributed by atoms with van der Waals surface area (Å²) >= 11 is 0. The van der Waals surface area contributed by atoms with Gasteiger partial charge in [0.25, 0.3) is 0 Å². The fourth-order valence-corrected chi connectivity index (χ4v) is 3.05. The first-order chi connectivity index (χ1) is 11.5. The number of hydrogen-bond donors (Lipinski definition) is 2. The molecular weight excluding hydrogens is 308 g/mol. The molecule has 0 saturated heterocycles. The van der Waals surface area contributed by atoms with Gasteiger partial charge in [0, 0.05) is 19.5 Å². The zero-order chi connectivity index (χ0) is 17.7. The Balaban J connectivity index is 2.37. The molecule has 2 amide bonds. The molecule has 1 aromatic carbocycles. The van der Waals surface area contributed by atoms with Crippen LogP contribution in [0.2, 0.25) is 0 Å². The van der Waals surface area contributed by atoms with Gasteiger partial charge in [-0.05, 0) is 44.4 Å². The van der Waals surface area contributed by atoms with Gasteiger partial charge in [-0.3, -0.25) is 24.0 Å². The van der Waals surface area contributed by atoms with Gasteiger partial charge >= 0.3 is 5.69 Å². The lowest BCUT2D eigenvalue weighted by Gasteiger charge is -2.13. The molecule has 0 aliphatic heterocycles. The Kier molecular flexibility index (Phi) is 5.92. The fourth-order valence-electron chi connectivity index (χ4n) is 3.05. The molecule has 24 heavy (non-hydrogen) atoms. The van der Waals surface area contributed by atoms with Crippen LogP contribution >= 0.6 is 0 Å². The van der Waals surface area contributed by atoms with Crippen molar-refractivity contribution in [2.75, 3.05) is 6.54 Å². The summed E-state index contributed by atoms with van der Waals surface area (Å²) in [6.45, 7) is 2.51. The van der Waals surface area contributed by atoms with Crippen molar-refractivity contribution < 1.29 is 9.59 Å². The van der Waals surface area contributed by atoms with Crippen LogP contribution in [0.4, 0.5) is 0 Å². The van der Waals surface area contributed by atoms with Gasteiger partial charge < -0.3 is 5.73 Å². The fraction of sp³-hybridized carbons (Fsp3) is 0.471. The molecule has 7 nitrogen and oxygen atoms in total. The normalized spacial score (nSPS) is 12.3. The Hall–Kier alpha value is -2.41. The standard InChI is InChI=1S/C17H24N4O3/c1-12(8-9-15(23)19-11-22)21-14-7-3-5-13(6-4-10-18)16(14)20(2)17(21)24/h3,5,7,11-12H,4,6,8-10,18H2,1-2H3,(H,19,22,23). The number of fused-ring (bicyclic) bond motifs is 1. The topological polar surface area (TPSA) is 99.1 Å². The molecule has 1 aromatic heterocycles. The molecule has 1 atom stereocenters. The van der Waals surface area contributed by atoms with Crippen LogP contribution in [0.25, 0.3) is 11.0 Å². The summed E-state index contributed by atoms with van der Waals surface area (Å²) in [7, 11) is 1.76. The number of aromatic nitrogens is 2. The zero-order valence-corrected chi connectivity index (χ0v) is 14.1. The number of aryl methyl sites for hydroxylation is 2. The van der Waals surface area contributed by atoms with Crippen LogP contribution in [-0.2, 0) is 23.1 Å². The van der Waals surface area contributed by atoms with Gasteiger partial charge in [0.15, 0.2) is 0 Å². The van der Waals surface area contributed by atoms with E-state index in [0.29, 0.717) is 19.4 Å². The van der Waals surface area contributed by atoms with Crippen LogP contribution in [0.15, 0.2) is 23.0 Å². The van der Waals surface area contributed by atoms with Gasteiger partial charge in [-0.2, -0.15) is 0 Å². The van der Waals surface area contributed by atoms with Crippen LogP contribution in [0.5, 0.6) is 0 Å². The number of rotatable bonds is 8. The predicted octanol–water partition coefficient (Wildman–Crippen LogP) is 0.845. The summed E-state index contributed by atoms with van der Waals surface area (Å²) < 4.78 is 3.37. The molecule has 0 bridgehead atoms. The summed E-state index contributed by atoms with van der Waals surface area (Å²) in [5.74, 6) is -0.339. The summed E-state index contributed by atoms with van der Waals surface area (Å²) in [5, 5.41) is 2.12. The Morgan fingerprint density at radius 2 is 2.17 bits per heavy atom. The highest BCUT2D eigenvalue weighted by Gasteiger charge is 2.18. The molecule has 0 aliphatic carbocycles. The van der Waals surface area contributed by atoms with E-state index in [1.165, 1.54) is 0 Å². The summed E-state index contributed by atoms with van der Waals surface area (Å²) in [6, 6.07) is 5.73. The highest BCUT2D eigenvalue weighted by molar-refractivity contribution is 5.85. The Morgan fingerprint density at radius 1 is 1.42 bits per heavy atom. The van der Waals surface area contributed by atoms with E-state index in [0.717, 1.165) is 29.4 Å². The third-order valence-corrected chi connectivity index (χ3v) is 4.29. The minimum atomic E-state index is -0.339. The number of carbonyl (C=O) groups excluding carboxylic acids is 2. The van der Waals surface area contributed by atoms with Crippen LogP contribution in [0.3, 0.4) is 0 Å². The van der Waals surface area contributed by atoms with Crippen molar-refractivity contribution in [2.24, 2.45) is 12.8 Å². The molecule has 0 fully saturated rings. The van der Waals surface area contributed by atoms with Gasteiger partial charge in [0.1, 0.15) is 0 Å². The molecule has 3 N–H and O–H groups in total. The van der Waals surface area contributed by atoms with Crippen LogP contribution in [-0.4, -0.2) is 28.0 Å². The average Bonchev–Trinajstić information content (AvgIpc) is 2.83. The van der Waals surface area contributed by atoms with Crippen molar-refractivity contribution in [1.82, 2.24) is 14.5 Å². The van der Waals surface area contributed by atoms with Crippen molar-refractivity contribution in [3.05, 3.63) is 34.2 Å². The minimum Gasteiger partial charge on any atom is -0.330 e. The third kappa shape index (κ3) is 3.56. The lowest BCUT2D eigenvalue weighted by atomic mass is 10.1. The highest BCUT2D eigenvalue weighted by atomic mass is 16.2. The van der Waals surface area contributed by atoms with E-state index >= 15 is 0 Å². The summed E-state index contributed by atoms with van der Waals surface area (Å²) in [6.07, 6.45) is 2.73. The summed E-state index contributed by atoms with van der Waals surface area (Å²) in [5.41, 5.74) is 8.37. The average molecular weight is 332 g/mol. The molecule has 1 unspecified atom stereocenters. The first-order valence-corrected chi connectivity index (χ1v) is 8.13. The zero-order valence-electron chi connectivity index (χ0n) is 14.1. The molecule has 0 aliphatic rings. The molecule has 2 aromatic rings.